The molecule has 0 saturated carbocycles. The smallest absolute Gasteiger partial charge is 0.222 e. The third-order valence-electron chi connectivity index (χ3n) is 4.51. The summed E-state index contributed by atoms with van der Waals surface area (Å²) in [5.41, 5.74) is 0. The third kappa shape index (κ3) is 16.0. The van der Waals surface area contributed by atoms with Gasteiger partial charge in [0.05, 0.1) is 6.61 Å². The summed E-state index contributed by atoms with van der Waals surface area (Å²) >= 11 is 0. The molecule has 1 atom stereocenters. The number of aliphatic hydroxyl groups excluding tert-OH is 1. The van der Waals surface area contributed by atoms with Crippen molar-refractivity contribution in [1.82, 2.24) is 5.32 Å². The van der Waals surface area contributed by atoms with Gasteiger partial charge in [-0.1, -0.05) is 77.4 Å². The van der Waals surface area contributed by atoms with Crippen molar-refractivity contribution in [2.24, 2.45) is 5.92 Å². The minimum atomic E-state index is 0.0187. The molecule has 1 unspecified atom stereocenters. The van der Waals surface area contributed by atoms with E-state index < -0.39 is 0 Å². The topological polar surface area (TPSA) is 49.3 Å². The highest BCUT2D eigenvalue weighted by Gasteiger charge is 2.10. The van der Waals surface area contributed by atoms with Gasteiger partial charge >= 0.3 is 0 Å². The minimum Gasteiger partial charge on any atom is -0.395 e. The van der Waals surface area contributed by atoms with E-state index in [0.717, 1.165) is 12.8 Å². The average molecular weight is 340 g/mol. The van der Waals surface area contributed by atoms with Gasteiger partial charge < -0.3 is 10.4 Å². The molecule has 0 aromatic rings. The Morgan fingerprint density at radius 3 is 2.04 bits per heavy atom. The third-order valence-corrected chi connectivity index (χ3v) is 4.51. The van der Waals surface area contributed by atoms with Crippen molar-refractivity contribution < 1.29 is 9.90 Å². The summed E-state index contributed by atoms with van der Waals surface area (Å²) in [5.74, 6) is 0.135. The molecule has 0 aliphatic heterocycles. The number of hydrogen-bond acceptors (Lipinski definition) is 2. The van der Waals surface area contributed by atoms with Crippen LogP contribution in [0.15, 0.2) is 12.2 Å². The molecule has 3 nitrogen and oxygen atoms in total. The molecule has 142 valence electrons. The Balaban J connectivity index is 3.29. The maximum Gasteiger partial charge on any atom is 0.222 e. The molecule has 1 amide bonds. The van der Waals surface area contributed by atoms with Gasteiger partial charge in [-0.3, -0.25) is 4.79 Å². The first-order valence-corrected chi connectivity index (χ1v) is 10.3. The largest absolute Gasteiger partial charge is 0.395 e. The fraction of sp³-hybridized carbons (Fsp3) is 0.857. The molecule has 0 radical (unpaired) electrons. The Kier molecular flexibility index (Phi) is 17.9. The predicted molar refractivity (Wildman–Crippen MR) is 104 cm³/mol. The van der Waals surface area contributed by atoms with Gasteiger partial charge in [0.15, 0.2) is 0 Å². The Morgan fingerprint density at radius 2 is 1.46 bits per heavy atom. The minimum absolute atomic E-state index is 0.0187. The van der Waals surface area contributed by atoms with Crippen molar-refractivity contribution in [3.63, 3.8) is 0 Å². The monoisotopic (exact) mass is 339 g/mol. The number of allylic oxidation sites excluding steroid dienone is 2. The lowest BCUT2D eigenvalue weighted by molar-refractivity contribution is -0.124. The first-order valence-electron chi connectivity index (χ1n) is 10.3. The van der Waals surface area contributed by atoms with Gasteiger partial charge in [-0.15, -0.1) is 0 Å². The molecule has 0 bridgehead atoms. The van der Waals surface area contributed by atoms with Crippen LogP contribution in [0.4, 0.5) is 0 Å². The Labute approximate surface area is 150 Å². The molecule has 24 heavy (non-hydrogen) atoms. The second kappa shape index (κ2) is 18.5. The van der Waals surface area contributed by atoms with E-state index in [1.54, 1.807) is 0 Å². The molecule has 3 heteroatoms. The first-order chi connectivity index (χ1) is 11.7. The second-order valence-corrected chi connectivity index (χ2v) is 6.94. The van der Waals surface area contributed by atoms with Gasteiger partial charge in [0.25, 0.3) is 0 Å². The lowest BCUT2D eigenvalue weighted by Gasteiger charge is -2.11. The first kappa shape index (κ1) is 23.2. The van der Waals surface area contributed by atoms with E-state index in [1.807, 2.05) is 6.92 Å². The Morgan fingerprint density at radius 1 is 0.917 bits per heavy atom. The molecule has 0 aromatic heterocycles. The Bertz CT molecular complexity index is 302. The number of aliphatic hydroxyl groups is 1. The van der Waals surface area contributed by atoms with Crippen LogP contribution in [0.3, 0.4) is 0 Å². The SMILES string of the molecule is CCCCCCCC/C=C\CCCCCCC(C)C(=O)NCCO. The molecule has 2 N–H and O–H groups in total. The van der Waals surface area contributed by atoms with E-state index in [9.17, 15) is 4.79 Å². The summed E-state index contributed by atoms with van der Waals surface area (Å²) in [5, 5.41) is 11.4. The lowest BCUT2D eigenvalue weighted by atomic mass is 10.0. The number of unbranched alkanes of at least 4 members (excludes halogenated alkanes) is 10. The van der Waals surface area contributed by atoms with Crippen molar-refractivity contribution in [3.05, 3.63) is 12.2 Å². The van der Waals surface area contributed by atoms with Crippen molar-refractivity contribution >= 4 is 5.91 Å². The summed E-state index contributed by atoms with van der Waals surface area (Å²) in [6, 6.07) is 0. The van der Waals surface area contributed by atoms with Crippen LogP contribution in [0, 0.1) is 5.92 Å². The number of carbonyl (C=O) groups is 1. The van der Waals surface area contributed by atoms with Crippen LogP contribution >= 0.6 is 0 Å². The molecular formula is C21H41NO2. The van der Waals surface area contributed by atoms with Gasteiger partial charge in [0.2, 0.25) is 5.91 Å². The van der Waals surface area contributed by atoms with Gasteiger partial charge in [-0.05, 0) is 32.1 Å². The zero-order valence-electron chi connectivity index (χ0n) is 16.2. The molecule has 0 heterocycles. The van der Waals surface area contributed by atoms with Crippen molar-refractivity contribution in [2.75, 3.05) is 13.2 Å². The quantitative estimate of drug-likeness (QED) is 0.276. The van der Waals surface area contributed by atoms with Crippen LogP contribution in [0.1, 0.15) is 97.3 Å². The average Bonchev–Trinajstić information content (AvgIpc) is 2.59. The Hall–Kier alpha value is -0.830. The number of nitrogens with one attached hydrogen (secondary N) is 1. The van der Waals surface area contributed by atoms with Crippen LogP contribution in [-0.2, 0) is 4.79 Å². The van der Waals surface area contributed by atoms with E-state index in [0.29, 0.717) is 6.54 Å². The number of hydrogen-bond donors (Lipinski definition) is 2. The standard InChI is InChI=1S/C21H41NO2/c1-3-4-5-6-7-8-9-10-11-12-13-14-15-16-17-20(2)21(24)22-18-19-23/h10-11,20,23H,3-9,12-19H2,1-2H3,(H,22,24)/b11-10-. The van der Waals surface area contributed by atoms with Crippen LogP contribution in [0.5, 0.6) is 0 Å². The fourth-order valence-electron chi connectivity index (χ4n) is 2.83. The van der Waals surface area contributed by atoms with E-state index in [4.69, 9.17) is 5.11 Å². The van der Waals surface area contributed by atoms with Gasteiger partial charge in [0, 0.05) is 12.5 Å². The van der Waals surface area contributed by atoms with Crippen LogP contribution in [0.2, 0.25) is 0 Å². The van der Waals surface area contributed by atoms with Gasteiger partial charge in [0.1, 0.15) is 0 Å². The van der Waals surface area contributed by atoms with Crippen molar-refractivity contribution in [1.29, 1.82) is 0 Å². The summed E-state index contributed by atoms with van der Waals surface area (Å²) in [6.07, 6.45) is 21.2. The molecule has 0 fully saturated rings. The molecule has 0 aliphatic rings. The van der Waals surface area contributed by atoms with E-state index in [2.05, 4.69) is 24.4 Å². The van der Waals surface area contributed by atoms with Crippen LogP contribution < -0.4 is 5.32 Å². The predicted octanol–water partition coefficient (Wildman–Crippen LogP) is 5.38. The number of amides is 1. The maximum atomic E-state index is 11.6. The van der Waals surface area contributed by atoms with E-state index in [1.165, 1.54) is 70.6 Å². The van der Waals surface area contributed by atoms with Crippen molar-refractivity contribution in [2.45, 2.75) is 97.3 Å². The zero-order valence-corrected chi connectivity index (χ0v) is 16.2. The normalized spacial score (nSPS) is 12.6. The number of carbonyl (C=O) groups excluding carboxylic acids is 1. The van der Waals surface area contributed by atoms with E-state index >= 15 is 0 Å². The summed E-state index contributed by atoms with van der Waals surface area (Å²) in [4.78, 5) is 11.6. The van der Waals surface area contributed by atoms with Gasteiger partial charge in [-0.2, -0.15) is 0 Å². The summed E-state index contributed by atoms with van der Waals surface area (Å²) in [6.45, 7) is 4.62. The summed E-state index contributed by atoms with van der Waals surface area (Å²) in [7, 11) is 0. The van der Waals surface area contributed by atoms with Crippen LogP contribution in [0.25, 0.3) is 0 Å². The van der Waals surface area contributed by atoms with E-state index in [-0.39, 0.29) is 18.4 Å². The molecule has 0 spiro atoms. The highest BCUT2D eigenvalue weighted by atomic mass is 16.3. The molecule has 0 aromatic carbocycles. The molecule has 0 aliphatic carbocycles. The molecular weight excluding hydrogens is 298 g/mol. The second-order valence-electron chi connectivity index (χ2n) is 6.94. The highest BCUT2D eigenvalue weighted by molar-refractivity contribution is 5.78. The van der Waals surface area contributed by atoms with Gasteiger partial charge in [-0.25, -0.2) is 0 Å². The highest BCUT2D eigenvalue weighted by Crippen LogP contribution is 2.12. The lowest BCUT2D eigenvalue weighted by Crippen LogP contribution is -2.31. The maximum absolute atomic E-state index is 11.6. The molecule has 0 rings (SSSR count). The van der Waals surface area contributed by atoms with Crippen LogP contribution in [-0.4, -0.2) is 24.2 Å². The zero-order chi connectivity index (χ0) is 17.9. The van der Waals surface area contributed by atoms with Crippen molar-refractivity contribution in [3.8, 4) is 0 Å². The molecule has 0 saturated heterocycles. The summed E-state index contributed by atoms with van der Waals surface area (Å²) < 4.78 is 0. The number of rotatable bonds is 17. The fourth-order valence-corrected chi connectivity index (χ4v) is 2.83.